The Kier molecular flexibility index (Phi) is 4.64. The minimum Gasteiger partial charge on any atom is -0.337 e. The van der Waals surface area contributed by atoms with Crippen LogP contribution in [0.15, 0.2) is 11.0 Å². The summed E-state index contributed by atoms with van der Waals surface area (Å²) >= 11 is 0. The van der Waals surface area contributed by atoms with E-state index in [1.54, 1.807) is 7.05 Å². The molecule has 9 heteroatoms. The van der Waals surface area contributed by atoms with E-state index in [1.165, 1.54) is 27.6 Å². The number of nitrogens with one attached hydrogen (secondary N) is 1. The highest BCUT2D eigenvalue weighted by Crippen LogP contribution is 2.22. The monoisotopic (exact) mass is 320 g/mol. The van der Waals surface area contributed by atoms with Crippen molar-refractivity contribution in [3.63, 3.8) is 0 Å². The van der Waals surface area contributed by atoms with Crippen molar-refractivity contribution in [2.75, 3.05) is 26.7 Å². The average molecular weight is 320 g/mol. The molecule has 1 amide bonds. The van der Waals surface area contributed by atoms with Gasteiger partial charge in [-0.15, -0.1) is 0 Å². The summed E-state index contributed by atoms with van der Waals surface area (Å²) in [5, 5.41) is 0. The summed E-state index contributed by atoms with van der Waals surface area (Å²) in [5.74, 6) is -0.327. The molecule has 1 fully saturated rings. The first-order valence-electron chi connectivity index (χ1n) is 6.99. The number of halogens is 3. The van der Waals surface area contributed by atoms with E-state index in [2.05, 4.69) is 4.98 Å². The standard InChI is InChI=1S/C13H19F3N4O2/c1-18-7-10(17-12(18)22)11(21)19(2)9-3-5-20(6-4-9)8-13(14,15)16/h7,9H,3-6,8H2,1-2H3,(H,17,22). The lowest BCUT2D eigenvalue weighted by molar-refractivity contribution is -0.148. The van der Waals surface area contributed by atoms with Crippen molar-refractivity contribution in [3.8, 4) is 0 Å². The predicted octanol–water partition coefficient (Wildman–Crippen LogP) is 0.812. The summed E-state index contributed by atoms with van der Waals surface area (Å²) < 4.78 is 38.3. The number of carbonyl (C=O) groups is 1. The number of hydrogen-bond acceptors (Lipinski definition) is 3. The van der Waals surface area contributed by atoms with Crippen LogP contribution in [0.4, 0.5) is 13.2 Å². The number of hydrogen-bond donors (Lipinski definition) is 1. The van der Waals surface area contributed by atoms with Crippen molar-refractivity contribution in [2.24, 2.45) is 7.05 Å². The Labute approximate surface area is 125 Å². The first kappa shape index (κ1) is 16.6. The Bertz CT molecular complexity index is 585. The molecular formula is C13H19F3N4O2. The van der Waals surface area contributed by atoms with Gasteiger partial charge in [-0.1, -0.05) is 0 Å². The van der Waals surface area contributed by atoms with E-state index >= 15 is 0 Å². The first-order valence-corrected chi connectivity index (χ1v) is 6.99. The number of amides is 1. The van der Waals surface area contributed by atoms with Crippen molar-refractivity contribution in [1.82, 2.24) is 19.4 Å². The van der Waals surface area contributed by atoms with E-state index in [1.807, 2.05) is 0 Å². The highest BCUT2D eigenvalue weighted by molar-refractivity contribution is 5.92. The predicted molar refractivity (Wildman–Crippen MR) is 73.6 cm³/mol. The topological polar surface area (TPSA) is 61.3 Å². The molecule has 0 aliphatic carbocycles. The van der Waals surface area contributed by atoms with Crippen LogP contribution >= 0.6 is 0 Å². The van der Waals surface area contributed by atoms with Gasteiger partial charge in [0.05, 0.1) is 6.54 Å². The third-order valence-electron chi connectivity index (χ3n) is 3.94. The maximum atomic E-state index is 12.3. The van der Waals surface area contributed by atoms with E-state index < -0.39 is 12.7 Å². The van der Waals surface area contributed by atoms with Gasteiger partial charge in [0.2, 0.25) is 0 Å². The molecule has 0 saturated carbocycles. The third kappa shape index (κ3) is 3.90. The lowest BCUT2D eigenvalue weighted by atomic mass is 10.0. The molecule has 1 N–H and O–H groups in total. The molecule has 0 bridgehead atoms. The van der Waals surface area contributed by atoms with Crippen LogP contribution in [-0.2, 0) is 7.05 Å². The minimum absolute atomic E-state index is 0.124. The largest absolute Gasteiger partial charge is 0.401 e. The van der Waals surface area contributed by atoms with E-state index in [-0.39, 0.29) is 23.3 Å². The van der Waals surface area contributed by atoms with Crippen molar-refractivity contribution in [3.05, 3.63) is 22.4 Å². The molecule has 124 valence electrons. The Morgan fingerprint density at radius 3 is 2.45 bits per heavy atom. The molecule has 0 aromatic carbocycles. The van der Waals surface area contributed by atoms with Crippen LogP contribution in [0.5, 0.6) is 0 Å². The number of piperidine rings is 1. The van der Waals surface area contributed by atoms with Gasteiger partial charge in [0.15, 0.2) is 0 Å². The molecule has 0 radical (unpaired) electrons. The molecule has 1 aliphatic rings. The summed E-state index contributed by atoms with van der Waals surface area (Å²) in [6.07, 6.45) is -1.82. The van der Waals surface area contributed by atoms with Crippen molar-refractivity contribution < 1.29 is 18.0 Å². The summed E-state index contributed by atoms with van der Waals surface area (Å²) in [5.41, 5.74) is -0.190. The van der Waals surface area contributed by atoms with Crippen molar-refractivity contribution in [2.45, 2.75) is 25.1 Å². The fraction of sp³-hybridized carbons (Fsp3) is 0.692. The second-order valence-corrected chi connectivity index (χ2v) is 5.62. The summed E-state index contributed by atoms with van der Waals surface area (Å²) in [7, 11) is 3.14. The smallest absolute Gasteiger partial charge is 0.337 e. The molecule has 0 unspecified atom stereocenters. The van der Waals surface area contributed by atoms with E-state index in [9.17, 15) is 22.8 Å². The fourth-order valence-corrected chi connectivity index (χ4v) is 2.67. The number of nitrogens with zero attached hydrogens (tertiary/aromatic N) is 3. The molecule has 1 aliphatic heterocycles. The highest BCUT2D eigenvalue weighted by atomic mass is 19.4. The van der Waals surface area contributed by atoms with Gasteiger partial charge in [-0.2, -0.15) is 13.2 Å². The Morgan fingerprint density at radius 1 is 1.41 bits per heavy atom. The molecule has 2 heterocycles. The van der Waals surface area contributed by atoms with Gasteiger partial charge in [0, 0.05) is 39.4 Å². The lowest BCUT2D eigenvalue weighted by Crippen LogP contribution is -2.47. The first-order chi connectivity index (χ1) is 10.2. The number of H-pyrrole nitrogens is 1. The van der Waals surface area contributed by atoms with Crippen LogP contribution in [0.3, 0.4) is 0 Å². The number of aromatic nitrogens is 2. The third-order valence-corrected chi connectivity index (χ3v) is 3.94. The second-order valence-electron chi connectivity index (χ2n) is 5.62. The quantitative estimate of drug-likeness (QED) is 0.897. The number of aromatic amines is 1. The number of likely N-dealkylation sites (tertiary alicyclic amines) is 1. The molecule has 0 spiro atoms. The SMILES string of the molecule is CN(C(=O)c1cn(C)c(=O)[nH]1)C1CCN(CC(F)(F)F)CC1. The maximum Gasteiger partial charge on any atom is 0.401 e. The van der Waals surface area contributed by atoms with Crippen LogP contribution in [0.25, 0.3) is 0 Å². The van der Waals surface area contributed by atoms with Gasteiger partial charge in [0.1, 0.15) is 5.69 Å². The van der Waals surface area contributed by atoms with Gasteiger partial charge in [0.25, 0.3) is 5.91 Å². The number of carbonyl (C=O) groups excluding carboxylic acids is 1. The van der Waals surface area contributed by atoms with Gasteiger partial charge in [-0.05, 0) is 12.8 Å². The lowest BCUT2D eigenvalue weighted by Gasteiger charge is -2.36. The molecule has 2 rings (SSSR count). The number of alkyl halides is 3. The molecule has 1 aromatic rings. The molecule has 1 aromatic heterocycles. The number of imidazole rings is 1. The Hall–Kier alpha value is -1.77. The zero-order chi connectivity index (χ0) is 16.5. The zero-order valence-corrected chi connectivity index (χ0v) is 12.5. The van der Waals surface area contributed by atoms with Crippen molar-refractivity contribution in [1.29, 1.82) is 0 Å². The van der Waals surface area contributed by atoms with Crippen LogP contribution in [0.2, 0.25) is 0 Å². The molecule has 1 saturated heterocycles. The van der Waals surface area contributed by atoms with Crippen LogP contribution in [0.1, 0.15) is 23.3 Å². The Balaban J connectivity index is 1.93. The van der Waals surface area contributed by atoms with E-state index in [0.29, 0.717) is 25.9 Å². The fourth-order valence-electron chi connectivity index (χ4n) is 2.67. The second kappa shape index (κ2) is 6.15. The average Bonchev–Trinajstić information content (AvgIpc) is 2.76. The van der Waals surface area contributed by atoms with Gasteiger partial charge >= 0.3 is 11.9 Å². The number of rotatable bonds is 3. The molecule has 22 heavy (non-hydrogen) atoms. The summed E-state index contributed by atoms with van der Waals surface area (Å²) in [6.45, 7) is -0.316. The molecule has 0 atom stereocenters. The van der Waals surface area contributed by atoms with Gasteiger partial charge < -0.3 is 14.5 Å². The normalized spacial score (nSPS) is 17.7. The minimum atomic E-state index is -4.20. The zero-order valence-electron chi connectivity index (χ0n) is 12.5. The maximum absolute atomic E-state index is 12.3. The van der Waals surface area contributed by atoms with Gasteiger partial charge in [-0.25, -0.2) is 4.79 Å². The molecular weight excluding hydrogens is 301 g/mol. The Morgan fingerprint density at radius 2 is 2.00 bits per heavy atom. The van der Waals surface area contributed by atoms with Crippen LogP contribution in [-0.4, -0.2) is 64.2 Å². The highest BCUT2D eigenvalue weighted by Gasteiger charge is 2.34. The summed E-state index contributed by atoms with van der Waals surface area (Å²) in [6, 6.07) is -0.124. The molecule has 6 nitrogen and oxygen atoms in total. The van der Waals surface area contributed by atoms with E-state index in [0.717, 1.165) is 0 Å². The van der Waals surface area contributed by atoms with E-state index in [4.69, 9.17) is 0 Å². The van der Waals surface area contributed by atoms with Crippen LogP contribution in [0, 0.1) is 0 Å². The summed E-state index contributed by atoms with van der Waals surface area (Å²) in [4.78, 5) is 28.9. The van der Waals surface area contributed by atoms with Crippen molar-refractivity contribution >= 4 is 5.91 Å². The van der Waals surface area contributed by atoms with Crippen LogP contribution < -0.4 is 5.69 Å². The number of aryl methyl sites for hydroxylation is 1. The van der Waals surface area contributed by atoms with Gasteiger partial charge in [-0.3, -0.25) is 9.69 Å².